The van der Waals surface area contributed by atoms with Crippen LogP contribution in [0.15, 0.2) is 54.6 Å². The minimum atomic E-state index is 0. The van der Waals surface area contributed by atoms with Crippen molar-refractivity contribution < 1.29 is 4.74 Å². The molecule has 1 aliphatic rings. The number of halogens is 1. The van der Waals surface area contributed by atoms with Crippen LogP contribution in [0.2, 0.25) is 0 Å². The molecular formula is C20H27ClN2O. The molecule has 3 rings (SSSR count). The Morgan fingerprint density at radius 2 is 1.75 bits per heavy atom. The van der Waals surface area contributed by atoms with Crippen molar-refractivity contribution in [1.29, 1.82) is 0 Å². The zero-order chi connectivity index (χ0) is 16.1. The summed E-state index contributed by atoms with van der Waals surface area (Å²) in [6.45, 7) is 4.07. The third kappa shape index (κ3) is 4.50. The van der Waals surface area contributed by atoms with Crippen molar-refractivity contribution in [3.63, 3.8) is 0 Å². The summed E-state index contributed by atoms with van der Waals surface area (Å²) < 4.78 is 5.21. The predicted octanol–water partition coefficient (Wildman–Crippen LogP) is 3.33. The first-order valence-electron chi connectivity index (χ1n) is 8.40. The number of ether oxygens (including phenoxy) is 1. The molecular weight excluding hydrogens is 320 g/mol. The fourth-order valence-electron chi connectivity index (χ4n) is 3.54. The van der Waals surface area contributed by atoms with Gasteiger partial charge in [0.15, 0.2) is 0 Å². The molecule has 0 saturated carbocycles. The van der Waals surface area contributed by atoms with Crippen LogP contribution in [0.5, 0.6) is 5.75 Å². The highest BCUT2D eigenvalue weighted by atomic mass is 35.5. The van der Waals surface area contributed by atoms with E-state index in [9.17, 15) is 0 Å². The zero-order valence-electron chi connectivity index (χ0n) is 14.2. The number of hydrogen-bond donors (Lipinski definition) is 1. The van der Waals surface area contributed by atoms with E-state index in [-0.39, 0.29) is 12.4 Å². The van der Waals surface area contributed by atoms with E-state index < -0.39 is 0 Å². The van der Waals surface area contributed by atoms with Crippen LogP contribution in [0.3, 0.4) is 0 Å². The van der Waals surface area contributed by atoms with Gasteiger partial charge in [0, 0.05) is 25.6 Å². The number of methoxy groups -OCH3 is 1. The Morgan fingerprint density at radius 1 is 1.04 bits per heavy atom. The highest BCUT2D eigenvalue weighted by molar-refractivity contribution is 5.85. The van der Waals surface area contributed by atoms with E-state index >= 15 is 0 Å². The van der Waals surface area contributed by atoms with E-state index in [2.05, 4.69) is 47.4 Å². The minimum absolute atomic E-state index is 0. The van der Waals surface area contributed by atoms with E-state index in [1.807, 2.05) is 12.1 Å². The first-order chi connectivity index (χ1) is 11.3. The van der Waals surface area contributed by atoms with Crippen LogP contribution in [0.4, 0.5) is 0 Å². The van der Waals surface area contributed by atoms with E-state index in [0.717, 1.165) is 38.3 Å². The Bertz CT molecular complexity index is 603. The molecule has 2 N–H and O–H groups in total. The second-order valence-electron chi connectivity index (χ2n) is 6.37. The van der Waals surface area contributed by atoms with Gasteiger partial charge in [-0.2, -0.15) is 0 Å². The molecule has 3 nitrogen and oxygen atoms in total. The minimum Gasteiger partial charge on any atom is -0.497 e. The lowest BCUT2D eigenvalue weighted by Gasteiger charge is -2.17. The summed E-state index contributed by atoms with van der Waals surface area (Å²) >= 11 is 0. The molecule has 2 aromatic rings. The van der Waals surface area contributed by atoms with Crippen LogP contribution in [0.25, 0.3) is 0 Å². The quantitative estimate of drug-likeness (QED) is 0.871. The molecule has 4 heteroatoms. The number of benzene rings is 2. The molecule has 0 aromatic heterocycles. The van der Waals surface area contributed by atoms with Gasteiger partial charge >= 0.3 is 0 Å². The van der Waals surface area contributed by atoms with Crippen molar-refractivity contribution in [2.75, 3.05) is 33.3 Å². The molecule has 24 heavy (non-hydrogen) atoms. The second kappa shape index (κ2) is 9.07. The van der Waals surface area contributed by atoms with E-state index in [4.69, 9.17) is 10.5 Å². The second-order valence-corrected chi connectivity index (χ2v) is 6.37. The first-order valence-corrected chi connectivity index (χ1v) is 8.40. The van der Waals surface area contributed by atoms with Crippen molar-refractivity contribution in [3.05, 3.63) is 65.7 Å². The van der Waals surface area contributed by atoms with E-state index in [0.29, 0.717) is 11.8 Å². The smallest absolute Gasteiger partial charge is 0.118 e. The molecule has 0 unspecified atom stereocenters. The number of nitrogens with two attached hydrogens (primary N) is 1. The summed E-state index contributed by atoms with van der Waals surface area (Å²) in [5, 5.41) is 0. The molecule has 0 amide bonds. The highest BCUT2D eigenvalue weighted by Gasteiger charge is 2.32. The van der Waals surface area contributed by atoms with Crippen molar-refractivity contribution in [3.8, 4) is 5.75 Å². The Morgan fingerprint density at radius 3 is 2.38 bits per heavy atom. The number of nitrogens with zero attached hydrogens (tertiary/aromatic N) is 1. The molecule has 1 saturated heterocycles. The topological polar surface area (TPSA) is 38.5 Å². The van der Waals surface area contributed by atoms with Crippen LogP contribution in [0, 0.1) is 5.92 Å². The normalized spacial score (nSPS) is 20.6. The maximum atomic E-state index is 6.02. The molecule has 130 valence electrons. The van der Waals surface area contributed by atoms with E-state index in [1.165, 1.54) is 11.1 Å². The lowest BCUT2D eigenvalue weighted by Crippen LogP contribution is -2.25. The van der Waals surface area contributed by atoms with Crippen LogP contribution in [-0.4, -0.2) is 38.2 Å². The monoisotopic (exact) mass is 346 g/mol. The summed E-state index contributed by atoms with van der Waals surface area (Å²) in [6, 6.07) is 19.2. The molecule has 0 bridgehead atoms. The number of rotatable bonds is 6. The molecule has 0 radical (unpaired) electrons. The summed E-state index contributed by atoms with van der Waals surface area (Å²) in [5.41, 5.74) is 8.81. The molecule has 1 fully saturated rings. The van der Waals surface area contributed by atoms with Crippen molar-refractivity contribution in [2.24, 2.45) is 11.7 Å². The molecule has 1 aliphatic heterocycles. The highest BCUT2D eigenvalue weighted by Crippen LogP contribution is 2.32. The van der Waals surface area contributed by atoms with E-state index in [1.54, 1.807) is 7.11 Å². The number of likely N-dealkylation sites (tertiary alicyclic amines) is 1. The largest absolute Gasteiger partial charge is 0.497 e. The average Bonchev–Trinajstić information content (AvgIpc) is 3.04. The Balaban J connectivity index is 0.00000208. The van der Waals surface area contributed by atoms with Gasteiger partial charge in [-0.3, -0.25) is 0 Å². The SMILES string of the molecule is COc1ccc(CCN2C[C@@H](CN)[C@H](c3ccccc3)C2)cc1.Cl. The first kappa shape index (κ1) is 18.8. The van der Waals surface area contributed by atoms with Gasteiger partial charge in [-0.1, -0.05) is 42.5 Å². The van der Waals surface area contributed by atoms with Gasteiger partial charge in [0.25, 0.3) is 0 Å². The van der Waals surface area contributed by atoms with Crippen molar-refractivity contribution in [1.82, 2.24) is 4.90 Å². The Kier molecular flexibility index (Phi) is 7.10. The Labute approximate surface area is 151 Å². The number of hydrogen-bond acceptors (Lipinski definition) is 3. The van der Waals surface area contributed by atoms with Gasteiger partial charge in [-0.05, 0) is 42.1 Å². The van der Waals surface area contributed by atoms with Crippen molar-refractivity contribution in [2.45, 2.75) is 12.3 Å². The lowest BCUT2D eigenvalue weighted by molar-refractivity contribution is 0.328. The van der Waals surface area contributed by atoms with Crippen LogP contribution < -0.4 is 10.5 Å². The van der Waals surface area contributed by atoms with Gasteiger partial charge in [-0.15, -0.1) is 12.4 Å². The maximum Gasteiger partial charge on any atom is 0.118 e. The van der Waals surface area contributed by atoms with Crippen LogP contribution in [-0.2, 0) is 6.42 Å². The molecule has 2 atom stereocenters. The fourth-order valence-corrected chi connectivity index (χ4v) is 3.54. The maximum absolute atomic E-state index is 6.02. The van der Waals surface area contributed by atoms with Gasteiger partial charge in [0.05, 0.1) is 7.11 Å². The van der Waals surface area contributed by atoms with Crippen LogP contribution in [0.1, 0.15) is 17.0 Å². The average molecular weight is 347 g/mol. The van der Waals surface area contributed by atoms with Crippen LogP contribution >= 0.6 is 12.4 Å². The third-order valence-electron chi connectivity index (χ3n) is 4.92. The molecule has 1 heterocycles. The summed E-state index contributed by atoms with van der Waals surface area (Å²) in [4.78, 5) is 2.55. The zero-order valence-corrected chi connectivity index (χ0v) is 15.0. The summed E-state index contributed by atoms with van der Waals surface area (Å²) in [6.07, 6.45) is 1.07. The Hall–Kier alpha value is -1.55. The molecule has 0 aliphatic carbocycles. The molecule has 2 aromatic carbocycles. The molecule has 0 spiro atoms. The summed E-state index contributed by atoms with van der Waals surface area (Å²) in [5.74, 6) is 2.05. The third-order valence-corrected chi connectivity index (χ3v) is 4.92. The van der Waals surface area contributed by atoms with Gasteiger partial charge < -0.3 is 15.4 Å². The van der Waals surface area contributed by atoms with Gasteiger partial charge in [0.2, 0.25) is 0 Å². The van der Waals surface area contributed by atoms with Gasteiger partial charge in [-0.25, -0.2) is 0 Å². The van der Waals surface area contributed by atoms with Gasteiger partial charge in [0.1, 0.15) is 5.75 Å². The fraction of sp³-hybridized carbons (Fsp3) is 0.400. The predicted molar refractivity (Wildman–Crippen MR) is 102 cm³/mol. The summed E-state index contributed by atoms with van der Waals surface area (Å²) in [7, 11) is 1.70. The van der Waals surface area contributed by atoms with Crippen molar-refractivity contribution >= 4 is 12.4 Å². The standard InChI is InChI=1S/C20H26N2O.ClH/c1-23-19-9-7-16(8-10-19)11-12-22-14-18(13-21)20(15-22)17-5-3-2-4-6-17;/h2-10,18,20H,11-15,21H2,1H3;1H/t18-,20+;/m1./s1. The lowest BCUT2D eigenvalue weighted by atomic mass is 9.89.